The maximum atomic E-state index is 14.0. The summed E-state index contributed by atoms with van der Waals surface area (Å²) >= 11 is 0. The molecule has 1 amide bonds. The van der Waals surface area contributed by atoms with Crippen LogP contribution in [-0.2, 0) is 0 Å². The quantitative estimate of drug-likeness (QED) is 0.666. The molecule has 1 saturated carbocycles. The van der Waals surface area contributed by atoms with Gasteiger partial charge in [0.25, 0.3) is 5.91 Å². The molecule has 31 heavy (non-hydrogen) atoms. The van der Waals surface area contributed by atoms with Crippen LogP contribution in [0.15, 0.2) is 41.1 Å². The van der Waals surface area contributed by atoms with Gasteiger partial charge in [-0.2, -0.15) is 0 Å². The second kappa shape index (κ2) is 8.09. The Bertz CT molecular complexity index is 1100. The van der Waals surface area contributed by atoms with E-state index in [1.807, 2.05) is 13.0 Å². The first-order chi connectivity index (χ1) is 15.1. The number of amides is 1. The van der Waals surface area contributed by atoms with Gasteiger partial charge in [0, 0.05) is 37.3 Å². The number of carbonyl (C=O) groups is 1. The third-order valence-electron chi connectivity index (χ3n) is 5.90. The summed E-state index contributed by atoms with van der Waals surface area (Å²) in [7, 11) is 0. The highest BCUT2D eigenvalue weighted by Crippen LogP contribution is 2.35. The van der Waals surface area contributed by atoms with E-state index < -0.39 is 5.82 Å². The molecule has 8 heteroatoms. The third kappa shape index (κ3) is 4.15. The van der Waals surface area contributed by atoms with Crippen molar-refractivity contribution in [2.24, 2.45) is 0 Å². The summed E-state index contributed by atoms with van der Waals surface area (Å²) in [6, 6.07) is 8.46. The summed E-state index contributed by atoms with van der Waals surface area (Å²) in [4.78, 5) is 23.8. The van der Waals surface area contributed by atoms with Gasteiger partial charge in [0.2, 0.25) is 5.95 Å². The summed E-state index contributed by atoms with van der Waals surface area (Å²) < 4.78 is 19.5. The number of halogens is 1. The topological polar surface area (TPSA) is 84.2 Å². The Morgan fingerprint density at radius 1 is 1.19 bits per heavy atom. The Hall–Kier alpha value is -3.29. The fourth-order valence-electron chi connectivity index (χ4n) is 4.03. The molecule has 1 saturated heterocycles. The van der Waals surface area contributed by atoms with E-state index in [0.29, 0.717) is 30.8 Å². The van der Waals surface area contributed by atoms with Crippen LogP contribution in [0.2, 0.25) is 0 Å². The number of hydrogen-bond donors (Lipinski definition) is 1. The standard InChI is InChI=1S/C23H24FN5O2/c1-14-12-20(31-28-14)18-13-25-23(26-16-6-7-16)27-21(18)15-8-10-29(11-9-15)22(30)17-4-2-3-5-19(17)24/h2-5,12-13,15-16H,6-11H2,1H3,(H,25,26,27). The molecule has 160 valence electrons. The number of carbonyl (C=O) groups excluding carboxylic acids is 1. The van der Waals surface area contributed by atoms with Crippen molar-refractivity contribution in [3.8, 4) is 11.3 Å². The van der Waals surface area contributed by atoms with Crippen molar-refractivity contribution in [2.75, 3.05) is 18.4 Å². The van der Waals surface area contributed by atoms with Crippen molar-refractivity contribution in [3.05, 3.63) is 59.3 Å². The van der Waals surface area contributed by atoms with E-state index in [0.717, 1.165) is 42.6 Å². The number of piperidine rings is 1. The minimum Gasteiger partial charge on any atom is -0.356 e. The highest BCUT2D eigenvalue weighted by molar-refractivity contribution is 5.94. The molecular weight excluding hydrogens is 397 g/mol. The Labute approximate surface area is 179 Å². The van der Waals surface area contributed by atoms with Crippen LogP contribution in [0.25, 0.3) is 11.3 Å². The third-order valence-corrected chi connectivity index (χ3v) is 5.90. The van der Waals surface area contributed by atoms with Crippen molar-refractivity contribution in [1.82, 2.24) is 20.0 Å². The lowest BCUT2D eigenvalue weighted by Gasteiger charge is -2.32. The molecule has 0 unspecified atom stereocenters. The maximum Gasteiger partial charge on any atom is 0.256 e. The molecule has 3 heterocycles. The molecule has 0 bridgehead atoms. The molecule has 2 fully saturated rings. The average Bonchev–Trinajstić information content (AvgIpc) is 3.50. The van der Waals surface area contributed by atoms with E-state index in [-0.39, 0.29) is 17.4 Å². The lowest BCUT2D eigenvalue weighted by molar-refractivity contribution is 0.0707. The van der Waals surface area contributed by atoms with Gasteiger partial charge < -0.3 is 14.7 Å². The lowest BCUT2D eigenvalue weighted by atomic mass is 9.90. The summed E-state index contributed by atoms with van der Waals surface area (Å²) in [5.41, 5.74) is 2.66. The molecule has 1 aliphatic heterocycles. The molecule has 1 N–H and O–H groups in total. The van der Waals surface area contributed by atoms with Gasteiger partial charge in [0.15, 0.2) is 5.76 Å². The van der Waals surface area contributed by atoms with Crippen LogP contribution in [0.1, 0.15) is 53.3 Å². The van der Waals surface area contributed by atoms with Gasteiger partial charge in [0.05, 0.1) is 22.5 Å². The summed E-state index contributed by atoms with van der Waals surface area (Å²) in [5.74, 6) is 0.677. The summed E-state index contributed by atoms with van der Waals surface area (Å²) in [6.07, 6.45) is 5.54. The van der Waals surface area contributed by atoms with Gasteiger partial charge in [-0.1, -0.05) is 17.3 Å². The predicted octanol–water partition coefficient (Wildman–Crippen LogP) is 4.17. The zero-order valence-corrected chi connectivity index (χ0v) is 17.3. The Balaban J connectivity index is 1.37. The Morgan fingerprint density at radius 2 is 1.97 bits per heavy atom. The Kier molecular flexibility index (Phi) is 5.13. The van der Waals surface area contributed by atoms with E-state index in [1.165, 1.54) is 12.1 Å². The van der Waals surface area contributed by atoms with Gasteiger partial charge in [-0.25, -0.2) is 14.4 Å². The zero-order valence-electron chi connectivity index (χ0n) is 17.3. The minimum absolute atomic E-state index is 0.122. The maximum absolute atomic E-state index is 14.0. The van der Waals surface area contributed by atoms with Crippen molar-refractivity contribution in [1.29, 1.82) is 0 Å². The number of hydrogen-bond acceptors (Lipinski definition) is 6. The molecule has 1 aliphatic carbocycles. The van der Waals surface area contributed by atoms with Crippen LogP contribution < -0.4 is 5.32 Å². The molecule has 2 aliphatic rings. The molecule has 0 radical (unpaired) electrons. The number of nitrogens with zero attached hydrogens (tertiary/aromatic N) is 4. The molecule has 7 nitrogen and oxygen atoms in total. The molecular formula is C23H24FN5O2. The van der Waals surface area contributed by atoms with Crippen molar-refractivity contribution in [3.63, 3.8) is 0 Å². The van der Waals surface area contributed by atoms with E-state index in [2.05, 4.69) is 15.5 Å². The first-order valence-electron chi connectivity index (χ1n) is 10.7. The molecule has 2 aromatic heterocycles. The number of aryl methyl sites for hydroxylation is 1. The fourth-order valence-corrected chi connectivity index (χ4v) is 4.03. The van der Waals surface area contributed by atoms with Crippen molar-refractivity contribution >= 4 is 11.9 Å². The largest absolute Gasteiger partial charge is 0.356 e. The number of anilines is 1. The van der Waals surface area contributed by atoms with Crippen molar-refractivity contribution < 1.29 is 13.7 Å². The van der Waals surface area contributed by atoms with E-state index in [9.17, 15) is 9.18 Å². The smallest absolute Gasteiger partial charge is 0.256 e. The van der Waals surface area contributed by atoms with Crippen LogP contribution in [-0.4, -0.2) is 45.1 Å². The normalized spacial score (nSPS) is 17.0. The number of rotatable bonds is 5. The van der Waals surface area contributed by atoms with Crippen LogP contribution in [0.5, 0.6) is 0 Å². The summed E-state index contributed by atoms with van der Waals surface area (Å²) in [6.45, 7) is 2.97. The molecule has 0 spiro atoms. The summed E-state index contributed by atoms with van der Waals surface area (Å²) in [5, 5.41) is 7.36. The number of aromatic nitrogens is 3. The van der Waals surface area contributed by atoms with Crippen LogP contribution >= 0.6 is 0 Å². The monoisotopic (exact) mass is 421 g/mol. The number of benzene rings is 1. The second-order valence-electron chi connectivity index (χ2n) is 8.29. The van der Waals surface area contributed by atoms with Gasteiger partial charge >= 0.3 is 0 Å². The zero-order chi connectivity index (χ0) is 21.4. The second-order valence-corrected chi connectivity index (χ2v) is 8.29. The van der Waals surface area contributed by atoms with Crippen molar-refractivity contribution in [2.45, 2.75) is 44.6 Å². The minimum atomic E-state index is -0.482. The first kappa shape index (κ1) is 19.7. The predicted molar refractivity (Wildman–Crippen MR) is 113 cm³/mol. The Morgan fingerprint density at radius 3 is 2.65 bits per heavy atom. The lowest BCUT2D eigenvalue weighted by Crippen LogP contribution is -2.38. The number of nitrogens with one attached hydrogen (secondary N) is 1. The highest BCUT2D eigenvalue weighted by atomic mass is 19.1. The first-order valence-corrected chi connectivity index (χ1v) is 10.7. The van der Waals surface area contributed by atoms with Gasteiger partial charge in [-0.3, -0.25) is 4.79 Å². The fraction of sp³-hybridized carbons (Fsp3) is 0.391. The molecule has 3 aromatic rings. The molecule has 5 rings (SSSR count). The van der Waals surface area contributed by atoms with Crippen LogP contribution in [0.4, 0.5) is 10.3 Å². The van der Waals surface area contributed by atoms with Gasteiger partial charge in [0.1, 0.15) is 5.82 Å². The van der Waals surface area contributed by atoms with Crippen LogP contribution in [0, 0.1) is 12.7 Å². The van der Waals surface area contributed by atoms with E-state index in [1.54, 1.807) is 23.2 Å². The van der Waals surface area contributed by atoms with Gasteiger partial charge in [-0.15, -0.1) is 0 Å². The number of likely N-dealkylation sites (tertiary alicyclic amines) is 1. The molecule has 1 aromatic carbocycles. The van der Waals surface area contributed by atoms with E-state index in [4.69, 9.17) is 9.51 Å². The van der Waals surface area contributed by atoms with Crippen LogP contribution in [0.3, 0.4) is 0 Å². The molecule has 0 atom stereocenters. The van der Waals surface area contributed by atoms with Gasteiger partial charge in [-0.05, 0) is 44.7 Å². The average molecular weight is 421 g/mol. The highest BCUT2D eigenvalue weighted by Gasteiger charge is 2.30. The SMILES string of the molecule is Cc1cc(-c2cnc(NC3CC3)nc2C2CCN(C(=O)c3ccccc3F)CC2)on1. The van der Waals surface area contributed by atoms with E-state index >= 15 is 0 Å².